The molecule has 0 bridgehead atoms. The fraction of sp³-hybridized carbons (Fsp3) is 0.538. The van der Waals surface area contributed by atoms with Crippen molar-refractivity contribution in [1.29, 1.82) is 0 Å². The molecule has 0 aliphatic carbocycles. The zero-order valence-electron chi connectivity index (χ0n) is 11.4. The van der Waals surface area contributed by atoms with E-state index in [1.807, 2.05) is 18.2 Å². The highest BCUT2D eigenvalue weighted by atomic mass is 32.2. The Morgan fingerprint density at radius 3 is 2.50 bits per heavy atom. The van der Waals surface area contributed by atoms with Crippen LogP contribution in [0.15, 0.2) is 18.2 Å². The maximum atomic E-state index is 11.4. The zero-order valence-corrected chi connectivity index (χ0v) is 12.2. The van der Waals surface area contributed by atoms with E-state index in [0.29, 0.717) is 11.7 Å². The summed E-state index contributed by atoms with van der Waals surface area (Å²) in [6.45, 7) is 6.08. The van der Waals surface area contributed by atoms with Crippen molar-refractivity contribution in [3.63, 3.8) is 0 Å². The van der Waals surface area contributed by atoms with Gasteiger partial charge in [0.25, 0.3) is 0 Å². The van der Waals surface area contributed by atoms with Gasteiger partial charge in [-0.1, -0.05) is 26.0 Å². The van der Waals surface area contributed by atoms with Crippen molar-refractivity contribution < 1.29 is 13.2 Å². The third-order valence-electron chi connectivity index (χ3n) is 2.83. The summed E-state index contributed by atoms with van der Waals surface area (Å²) >= 11 is 0. The largest absolute Gasteiger partial charge is 0.496 e. The number of hydrogen-bond acceptors (Lipinski definition) is 3. The van der Waals surface area contributed by atoms with Crippen molar-refractivity contribution in [2.45, 2.75) is 33.2 Å². The van der Waals surface area contributed by atoms with Crippen LogP contribution in [0.5, 0.6) is 5.75 Å². The molecular weight excluding hydrogens is 250 g/mol. The molecule has 0 radical (unpaired) electrons. The first kappa shape index (κ1) is 15.0. The molecule has 18 heavy (non-hydrogen) atoms. The van der Waals surface area contributed by atoms with Crippen LogP contribution in [-0.2, 0) is 16.6 Å². The normalized spacial score (nSPS) is 11.8. The maximum Gasteiger partial charge on any atom is 0.211 e. The van der Waals surface area contributed by atoms with E-state index in [1.165, 1.54) is 5.56 Å². The second kappa shape index (κ2) is 6.20. The highest BCUT2D eigenvalue weighted by Crippen LogP contribution is 2.24. The Balaban J connectivity index is 2.95. The Kier molecular flexibility index (Phi) is 5.16. The lowest BCUT2D eigenvalue weighted by Gasteiger charge is -2.13. The average molecular weight is 271 g/mol. The monoisotopic (exact) mass is 271 g/mol. The number of hydrogen-bond donors (Lipinski definition) is 1. The molecule has 0 amide bonds. The number of methoxy groups -OCH3 is 1. The summed E-state index contributed by atoms with van der Waals surface area (Å²) in [4.78, 5) is 0. The van der Waals surface area contributed by atoms with Crippen molar-refractivity contribution in [1.82, 2.24) is 4.72 Å². The van der Waals surface area contributed by atoms with Crippen molar-refractivity contribution in [2.75, 3.05) is 12.9 Å². The minimum atomic E-state index is -3.18. The van der Waals surface area contributed by atoms with Crippen molar-refractivity contribution in [3.8, 4) is 5.75 Å². The number of rotatable bonds is 6. The van der Waals surface area contributed by atoms with Crippen LogP contribution in [0.4, 0.5) is 0 Å². The molecule has 0 heterocycles. The van der Waals surface area contributed by atoms with Crippen LogP contribution in [0, 0.1) is 0 Å². The third kappa shape index (κ3) is 3.99. The summed E-state index contributed by atoms with van der Waals surface area (Å²) in [5, 5.41) is 0. The SMILES string of the molecule is CCS(=O)(=O)NCc1cc(C(C)C)ccc1OC. The van der Waals surface area contributed by atoms with Gasteiger partial charge in [-0.15, -0.1) is 0 Å². The highest BCUT2D eigenvalue weighted by Gasteiger charge is 2.10. The standard InChI is InChI=1S/C13H21NO3S/c1-5-18(15,16)14-9-12-8-11(10(2)3)6-7-13(12)17-4/h6-8,10,14H,5,9H2,1-4H3. The second-order valence-corrected chi connectivity index (χ2v) is 6.55. The van der Waals surface area contributed by atoms with Gasteiger partial charge in [0.05, 0.1) is 12.9 Å². The number of nitrogens with one attached hydrogen (secondary N) is 1. The maximum absolute atomic E-state index is 11.4. The smallest absolute Gasteiger partial charge is 0.211 e. The van der Waals surface area contributed by atoms with Crippen LogP contribution >= 0.6 is 0 Å². The van der Waals surface area contributed by atoms with E-state index in [4.69, 9.17) is 4.74 Å². The molecule has 0 saturated heterocycles. The predicted molar refractivity (Wildman–Crippen MR) is 73.4 cm³/mol. The van der Waals surface area contributed by atoms with Gasteiger partial charge in [-0.2, -0.15) is 0 Å². The molecular formula is C13H21NO3S. The molecule has 0 saturated carbocycles. The molecule has 5 heteroatoms. The molecule has 1 aromatic carbocycles. The predicted octanol–water partition coefficient (Wildman–Crippen LogP) is 2.26. The fourth-order valence-electron chi connectivity index (χ4n) is 1.59. The van der Waals surface area contributed by atoms with Crippen LogP contribution in [0.3, 0.4) is 0 Å². The number of benzene rings is 1. The minimum absolute atomic E-state index is 0.0825. The van der Waals surface area contributed by atoms with E-state index in [9.17, 15) is 8.42 Å². The molecule has 0 aliphatic rings. The first-order valence-corrected chi connectivity index (χ1v) is 7.69. The van der Waals surface area contributed by atoms with Crippen LogP contribution in [-0.4, -0.2) is 21.3 Å². The summed E-state index contributed by atoms with van der Waals surface area (Å²) in [5.74, 6) is 1.19. The fourth-order valence-corrected chi connectivity index (χ4v) is 2.17. The molecule has 1 N–H and O–H groups in total. The molecule has 0 fully saturated rings. The van der Waals surface area contributed by atoms with Gasteiger partial charge in [-0.05, 0) is 24.5 Å². The summed E-state index contributed by atoms with van der Waals surface area (Å²) in [6, 6.07) is 5.87. The van der Waals surface area contributed by atoms with Crippen molar-refractivity contribution >= 4 is 10.0 Å². The van der Waals surface area contributed by atoms with E-state index in [0.717, 1.165) is 5.56 Å². The topological polar surface area (TPSA) is 55.4 Å². The van der Waals surface area contributed by atoms with E-state index in [1.54, 1.807) is 14.0 Å². The summed E-state index contributed by atoms with van der Waals surface area (Å²) in [5.41, 5.74) is 2.03. The molecule has 1 rings (SSSR count). The van der Waals surface area contributed by atoms with Gasteiger partial charge in [-0.3, -0.25) is 0 Å². The zero-order chi connectivity index (χ0) is 13.8. The Labute approximate surface area is 109 Å². The Morgan fingerprint density at radius 1 is 1.33 bits per heavy atom. The molecule has 0 spiro atoms. The number of sulfonamides is 1. The minimum Gasteiger partial charge on any atom is -0.496 e. The summed E-state index contributed by atoms with van der Waals surface area (Å²) in [7, 11) is -1.60. The van der Waals surface area contributed by atoms with E-state index < -0.39 is 10.0 Å². The lowest BCUT2D eigenvalue weighted by atomic mass is 10.0. The lowest BCUT2D eigenvalue weighted by Crippen LogP contribution is -2.25. The lowest BCUT2D eigenvalue weighted by molar-refractivity contribution is 0.409. The first-order chi connectivity index (χ1) is 8.39. The Hall–Kier alpha value is -1.07. The highest BCUT2D eigenvalue weighted by molar-refractivity contribution is 7.89. The second-order valence-electron chi connectivity index (χ2n) is 4.45. The molecule has 0 atom stereocenters. The van der Waals surface area contributed by atoms with Gasteiger partial charge < -0.3 is 4.74 Å². The molecule has 0 aliphatic heterocycles. The van der Waals surface area contributed by atoms with Gasteiger partial charge >= 0.3 is 0 Å². The van der Waals surface area contributed by atoms with Gasteiger partial charge in [0.15, 0.2) is 0 Å². The Bertz CT molecular complexity index is 495. The Morgan fingerprint density at radius 2 is 2.00 bits per heavy atom. The molecule has 4 nitrogen and oxygen atoms in total. The van der Waals surface area contributed by atoms with Crippen molar-refractivity contribution in [2.24, 2.45) is 0 Å². The van der Waals surface area contributed by atoms with E-state index in [-0.39, 0.29) is 12.3 Å². The molecule has 102 valence electrons. The van der Waals surface area contributed by atoms with Crippen molar-refractivity contribution in [3.05, 3.63) is 29.3 Å². The average Bonchev–Trinajstić information content (AvgIpc) is 2.36. The molecule has 0 aromatic heterocycles. The van der Waals surface area contributed by atoms with Gasteiger partial charge in [0.1, 0.15) is 5.75 Å². The van der Waals surface area contributed by atoms with Crippen LogP contribution in [0.1, 0.15) is 37.8 Å². The molecule has 0 unspecified atom stereocenters. The van der Waals surface area contributed by atoms with Crippen LogP contribution < -0.4 is 9.46 Å². The molecule has 1 aromatic rings. The van der Waals surface area contributed by atoms with E-state index >= 15 is 0 Å². The van der Waals surface area contributed by atoms with E-state index in [2.05, 4.69) is 18.6 Å². The first-order valence-electron chi connectivity index (χ1n) is 6.03. The van der Waals surface area contributed by atoms with Crippen LogP contribution in [0.2, 0.25) is 0 Å². The summed E-state index contributed by atoms with van der Waals surface area (Å²) < 4.78 is 30.7. The summed E-state index contributed by atoms with van der Waals surface area (Å²) in [6.07, 6.45) is 0. The van der Waals surface area contributed by atoms with Crippen LogP contribution in [0.25, 0.3) is 0 Å². The van der Waals surface area contributed by atoms with Gasteiger partial charge in [-0.25, -0.2) is 13.1 Å². The van der Waals surface area contributed by atoms with Gasteiger partial charge in [0.2, 0.25) is 10.0 Å². The third-order valence-corrected chi connectivity index (χ3v) is 4.18. The number of ether oxygens (including phenoxy) is 1. The quantitative estimate of drug-likeness (QED) is 0.863. The van der Waals surface area contributed by atoms with Gasteiger partial charge in [0, 0.05) is 12.1 Å².